The molecule has 2 nitrogen and oxygen atoms in total. The topological polar surface area (TPSA) is 15.3 Å². The molecule has 1 aromatic carbocycles. The minimum atomic E-state index is -0.643. The van der Waals surface area contributed by atoms with Crippen LogP contribution in [-0.4, -0.2) is 32.4 Å². The van der Waals surface area contributed by atoms with E-state index in [9.17, 15) is 4.39 Å². The Balaban J connectivity index is 1.55. The maximum absolute atomic E-state index is 13.2. The highest BCUT2D eigenvalue weighted by atomic mass is 19.1. The van der Waals surface area contributed by atoms with Gasteiger partial charge in [-0.15, -0.1) is 0 Å². The van der Waals surface area contributed by atoms with Crippen LogP contribution >= 0.6 is 0 Å². The smallest absolute Gasteiger partial charge is 0.119 e. The van der Waals surface area contributed by atoms with Crippen LogP contribution in [0.5, 0.6) is 0 Å². The maximum Gasteiger partial charge on any atom is 0.119 e. The lowest BCUT2D eigenvalue weighted by atomic mass is 9.95. The first-order valence-corrected chi connectivity index (χ1v) is 6.98. The van der Waals surface area contributed by atoms with Gasteiger partial charge in [0.05, 0.1) is 0 Å². The minimum absolute atomic E-state index is 0.437. The molecule has 1 unspecified atom stereocenters. The molecule has 0 bridgehead atoms. The monoisotopic (exact) mass is 246 g/mol. The molecule has 3 fully saturated rings. The van der Waals surface area contributed by atoms with Crippen molar-refractivity contribution >= 4 is 5.69 Å². The van der Waals surface area contributed by atoms with Gasteiger partial charge in [-0.25, -0.2) is 4.39 Å². The molecule has 0 amide bonds. The summed E-state index contributed by atoms with van der Waals surface area (Å²) < 4.78 is 13.2. The van der Waals surface area contributed by atoms with Gasteiger partial charge in [0.2, 0.25) is 0 Å². The van der Waals surface area contributed by atoms with Crippen LogP contribution in [0.4, 0.5) is 10.1 Å². The molecule has 1 aliphatic carbocycles. The number of hydrogen-bond donors (Lipinski definition) is 1. The van der Waals surface area contributed by atoms with Crippen molar-refractivity contribution in [2.45, 2.75) is 24.4 Å². The lowest BCUT2D eigenvalue weighted by Gasteiger charge is -2.19. The molecule has 0 radical (unpaired) electrons. The van der Waals surface area contributed by atoms with Crippen LogP contribution < -0.4 is 10.2 Å². The third kappa shape index (κ3) is 1.50. The van der Waals surface area contributed by atoms with Crippen molar-refractivity contribution in [2.24, 2.45) is 5.92 Å². The summed E-state index contributed by atoms with van der Waals surface area (Å²) in [5.41, 5.74) is 3.09. The van der Waals surface area contributed by atoms with Gasteiger partial charge in [0.1, 0.15) is 6.17 Å². The fourth-order valence-electron chi connectivity index (χ4n) is 3.75. The highest BCUT2D eigenvalue weighted by molar-refractivity contribution is 5.51. The number of anilines is 1. The molecular weight excluding hydrogens is 227 g/mol. The SMILES string of the molecule is FC1CCN(c2ccc([C@@]34CNC[C@@H]3C4)cc2)C1. The van der Waals surface area contributed by atoms with Crippen LogP contribution in [0.15, 0.2) is 24.3 Å². The van der Waals surface area contributed by atoms with E-state index in [4.69, 9.17) is 0 Å². The zero-order valence-electron chi connectivity index (χ0n) is 10.5. The molecular formula is C15H19FN2. The van der Waals surface area contributed by atoms with E-state index in [0.717, 1.165) is 19.0 Å². The van der Waals surface area contributed by atoms with E-state index in [1.165, 1.54) is 24.2 Å². The Morgan fingerprint density at radius 1 is 1.28 bits per heavy atom. The number of halogens is 1. The van der Waals surface area contributed by atoms with Gasteiger partial charge in [-0.3, -0.25) is 0 Å². The molecule has 0 aromatic heterocycles. The van der Waals surface area contributed by atoms with Crippen molar-refractivity contribution in [1.82, 2.24) is 5.32 Å². The number of nitrogens with one attached hydrogen (secondary N) is 1. The van der Waals surface area contributed by atoms with Crippen molar-refractivity contribution < 1.29 is 4.39 Å². The van der Waals surface area contributed by atoms with Crippen LogP contribution in [0.1, 0.15) is 18.4 Å². The quantitative estimate of drug-likeness (QED) is 0.859. The van der Waals surface area contributed by atoms with Crippen LogP contribution in [0.2, 0.25) is 0 Å². The highest BCUT2D eigenvalue weighted by Crippen LogP contribution is 2.56. The average molecular weight is 246 g/mol. The zero-order chi connectivity index (χ0) is 12.2. The average Bonchev–Trinajstić information content (AvgIpc) is 2.75. The molecule has 4 rings (SSSR count). The molecule has 1 saturated carbocycles. The normalized spacial score (nSPS) is 37.9. The third-order valence-corrected chi connectivity index (χ3v) is 5.00. The first kappa shape index (κ1) is 10.8. The van der Waals surface area contributed by atoms with E-state index in [1.54, 1.807) is 0 Å². The number of fused-ring (bicyclic) bond motifs is 1. The maximum atomic E-state index is 13.2. The summed E-state index contributed by atoms with van der Waals surface area (Å²) in [5, 5.41) is 3.48. The van der Waals surface area contributed by atoms with Gasteiger partial charge in [-0.05, 0) is 43.0 Å². The van der Waals surface area contributed by atoms with Crippen molar-refractivity contribution in [2.75, 3.05) is 31.1 Å². The van der Waals surface area contributed by atoms with Crippen molar-refractivity contribution in [1.29, 1.82) is 0 Å². The van der Waals surface area contributed by atoms with E-state index in [-0.39, 0.29) is 0 Å². The second-order valence-corrected chi connectivity index (χ2v) is 6.07. The standard InChI is InChI=1S/C15H19FN2/c16-13-5-6-18(9-13)14-3-1-11(2-4-14)15-7-12(15)8-17-10-15/h1-4,12-13,17H,5-10H2/t12-,13?,15+/m0/s1. The van der Waals surface area contributed by atoms with Gasteiger partial charge in [0.15, 0.2) is 0 Å². The van der Waals surface area contributed by atoms with Gasteiger partial charge in [-0.1, -0.05) is 12.1 Å². The zero-order valence-corrected chi connectivity index (χ0v) is 10.5. The summed E-state index contributed by atoms with van der Waals surface area (Å²) in [6.07, 6.45) is 1.38. The summed E-state index contributed by atoms with van der Waals surface area (Å²) in [4.78, 5) is 2.16. The second kappa shape index (κ2) is 3.70. The van der Waals surface area contributed by atoms with Crippen molar-refractivity contribution in [3.05, 3.63) is 29.8 Å². The highest BCUT2D eigenvalue weighted by Gasteiger charge is 2.57. The molecule has 3 aliphatic rings. The third-order valence-electron chi connectivity index (χ3n) is 5.00. The van der Waals surface area contributed by atoms with Gasteiger partial charge in [-0.2, -0.15) is 0 Å². The first-order valence-electron chi connectivity index (χ1n) is 6.98. The Hall–Kier alpha value is -1.09. The van der Waals surface area contributed by atoms with Crippen LogP contribution in [0, 0.1) is 5.92 Å². The summed E-state index contributed by atoms with van der Waals surface area (Å²) in [5.74, 6) is 0.852. The molecule has 2 heterocycles. The Bertz CT molecular complexity index is 458. The van der Waals surface area contributed by atoms with Gasteiger partial charge in [0.25, 0.3) is 0 Å². The second-order valence-electron chi connectivity index (χ2n) is 6.07. The minimum Gasteiger partial charge on any atom is -0.369 e. The largest absolute Gasteiger partial charge is 0.369 e. The molecule has 3 heteroatoms. The first-order chi connectivity index (χ1) is 8.78. The van der Waals surface area contributed by atoms with E-state index in [2.05, 4.69) is 34.5 Å². The van der Waals surface area contributed by atoms with E-state index in [1.807, 2.05) is 0 Å². The van der Waals surface area contributed by atoms with Crippen molar-refractivity contribution in [3.63, 3.8) is 0 Å². The summed E-state index contributed by atoms with van der Waals surface area (Å²) in [6.45, 7) is 3.73. The summed E-state index contributed by atoms with van der Waals surface area (Å²) in [6, 6.07) is 8.87. The Labute approximate surface area is 107 Å². The Morgan fingerprint density at radius 2 is 2.11 bits per heavy atom. The van der Waals surface area contributed by atoms with Gasteiger partial charge >= 0.3 is 0 Å². The van der Waals surface area contributed by atoms with Crippen LogP contribution in [-0.2, 0) is 5.41 Å². The number of rotatable bonds is 2. The van der Waals surface area contributed by atoms with Crippen LogP contribution in [0.3, 0.4) is 0 Å². The van der Waals surface area contributed by atoms with E-state index in [0.29, 0.717) is 18.4 Å². The number of alkyl halides is 1. The molecule has 96 valence electrons. The molecule has 0 spiro atoms. The number of piperidine rings is 1. The van der Waals surface area contributed by atoms with E-state index < -0.39 is 6.17 Å². The molecule has 1 aromatic rings. The fraction of sp³-hybridized carbons (Fsp3) is 0.600. The predicted octanol–water partition coefficient (Wildman–Crippen LogP) is 2.10. The number of hydrogen-bond acceptors (Lipinski definition) is 2. The summed E-state index contributed by atoms with van der Waals surface area (Å²) >= 11 is 0. The molecule has 2 saturated heterocycles. The molecule has 2 aliphatic heterocycles. The number of benzene rings is 1. The number of nitrogens with zero attached hydrogens (tertiary/aromatic N) is 1. The fourth-order valence-corrected chi connectivity index (χ4v) is 3.75. The Morgan fingerprint density at radius 3 is 2.67 bits per heavy atom. The van der Waals surface area contributed by atoms with Crippen LogP contribution in [0.25, 0.3) is 0 Å². The molecule has 1 N–H and O–H groups in total. The summed E-state index contributed by atoms with van der Waals surface area (Å²) in [7, 11) is 0. The predicted molar refractivity (Wildman–Crippen MR) is 70.8 cm³/mol. The van der Waals surface area contributed by atoms with Crippen molar-refractivity contribution in [3.8, 4) is 0 Å². The van der Waals surface area contributed by atoms with Gasteiger partial charge < -0.3 is 10.2 Å². The molecule has 18 heavy (non-hydrogen) atoms. The van der Waals surface area contributed by atoms with E-state index >= 15 is 0 Å². The Kier molecular flexibility index (Phi) is 2.22. The van der Waals surface area contributed by atoms with Gasteiger partial charge in [0, 0.05) is 30.7 Å². The molecule has 3 atom stereocenters. The lowest BCUT2D eigenvalue weighted by molar-refractivity contribution is 0.364. The lowest BCUT2D eigenvalue weighted by Crippen LogP contribution is -2.21.